The van der Waals surface area contributed by atoms with Gasteiger partial charge in [0.05, 0.1) is 56.9 Å². The van der Waals surface area contributed by atoms with Crippen molar-refractivity contribution in [3.05, 3.63) is 107 Å². The summed E-state index contributed by atoms with van der Waals surface area (Å²) in [6.45, 7) is 10.3. The van der Waals surface area contributed by atoms with Crippen LogP contribution in [-0.2, 0) is 16.1 Å². The second-order valence-corrected chi connectivity index (χ2v) is 12.3. The Kier molecular flexibility index (Phi) is 10.3. The number of carbonyl (C=O) groups excluding carboxylic acids is 1. The molecule has 1 atom stereocenters. The lowest BCUT2D eigenvalue weighted by molar-refractivity contribution is -0.139. The molecule has 0 saturated heterocycles. The first-order chi connectivity index (χ1) is 23.0. The van der Waals surface area contributed by atoms with Crippen LogP contribution in [-0.4, -0.2) is 45.6 Å². The van der Waals surface area contributed by atoms with Gasteiger partial charge >= 0.3 is 5.97 Å². The average molecular weight is 673 g/mol. The number of esters is 1. The third-order valence-corrected chi connectivity index (χ3v) is 9.20. The molecule has 2 heterocycles. The molecule has 5 rings (SSSR count). The minimum Gasteiger partial charge on any atom is -0.493 e. The van der Waals surface area contributed by atoms with E-state index in [0.29, 0.717) is 55.9 Å². The van der Waals surface area contributed by atoms with Gasteiger partial charge in [-0.25, -0.2) is 9.79 Å². The van der Waals surface area contributed by atoms with Gasteiger partial charge in [0.15, 0.2) is 27.8 Å². The molecule has 11 heteroatoms. The number of benzene rings is 3. The number of allylic oxidation sites excluding steroid dienone is 1. The third kappa shape index (κ3) is 6.55. The number of aromatic nitrogens is 1. The maximum Gasteiger partial charge on any atom is 0.338 e. The number of hydrogen-bond donors (Lipinski definition) is 0. The van der Waals surface area contributed by atoms with Gasteiger partial charge in [0.2, 0.25) is 5.75 Å². The molecular weight excluding hydrogens is 632 g/mol. The molecule has 1 aliphatic heterocycles. The molecule has 0 radical (unpaired) electrons. The minimum atomic E-state index is -0.866. The molecular formula is C37H40N2O8S. The van der Waals surface area contributed by atoms with E-state index in [0.717, 1.165) is 11.1 Å². The molecule has 0 fully saturated rings. The standard InChI is InChI=1S/C37H40N2O8S/c1-10-46-36(41)32-23(5)38-37-39(33(32)25-17-29(43-7)34(45-9)30(18-25)44-8)35(40)31(48-37)16-24-11-12-27(28(15-24)42-6)47-19-26-21(3)13-20(2)14-22(26)4/h11-18,33H,10,19H2,1-9H3/b31-16-/t33-/m1/s1. The maximum absolute atomic E-state index is 14.2. The number of nitrogens with zero attached hydrogens (tertiary/aromatic N) is 2. The van der Waals surface area contributed by atoms with Gasteiger partial charge < -0.3 is 28.4 Å². The lowest BCUT2D eigenvalue weighted by atomic mass is 9.95. The summed E-state index contributed by atoms with van der Waals surface area (Å²) in [5.41, 5.74) is 6.35. The molecule has 0 N–H and O–H groups in total. The zero-order valence-electron chi connectivity index (χ0n) is 28.7. The number of thiazole rings is 1. The van der Waals surface area contributed by atoms with Crippen LogP contribution >= 0.6 is 11.3 Å². The Morgan fingerprint density at radius 3 is 2.10 bits per heavy atom. The summed E-state index contributed by atoms with van der Waals surface area (Å²) in [6, 6.07) is 12.4. The van der Waals surface area contributed by atoms with Crippen LogP contribution in [0.1, 0.15) is 53.3 Å². The summed E-state index contributed by atoms with van der Waals surface area (Å²) in [5.74, 6) is 1.72. The fourth-order valence-electron chi connectivity index (χ4n) is 6.00. The summed E-state index contributed by atoms with van der Waals surface area (Å²) in [7, 11) is 6.11. The van der Waals surface area contributed by atoms with Crippen LogP contribution in [0.2, 0.25) is 0 Å². The highest BCUT2D eigenvalue weighted by Gasteiger charge is 2.34. The van der Waals surface area contributed by atoms with Crippen molar-refractivity contribution in [3.63, 3.8) is 0 Å². The van der Waals surface area contributed by atoms with Crippen LogP contribution in [0.3, 0.4) is 0 Å². The van der Waals surface area contributed by atoms with E-state index in [1.165, 1.54) is 53.9 Å². The highest BCUT2D eigenvalue weighted by Crippen LogP contribution is 2.42. The van der Waals surface area contributed by atoms with Crippen molar-refractivity contribution in [1.82, 2.24) is 4.57 Å². The largest absolute Gasteiger partial charge is 0.493 e. The second-order valence-electron chi connectivity index (χ2n) is 11.3. The molecule has 48 heavy (non-hydrogen) atoms. The van der Waals surface area contributed by atoms with Crippen molar-refractivity contribution < 1.29 is 33.2 Å². The normalized spacial score (nSPS) is 14.3. The third-order valence-electron chi connectivity index (χ3n) is 8.22. The van der Waals surface area contributed by atoms with E-state index in [9.17, 15) is 9.59 Å². The Labute approximate surface area is 283 Å². The summed E-state index contributed by atoms with van der Waals surface area (Å²) in [6.07, 6.45) is 1.78. The average Bonchev–Trinajstić information content (AvgIpc) is 3.36. The molecule has 0 unspecified atom stereocenters. The smallest absolute Gasteiger partial charge is 0.338 e. The van der Waals surface area contributed by atoms with Gasteiger partial charge in [0.25, 0.3) is 5.56 Å². The van der Waals surface area contributed by atoms with Crippen molar-refractivity contribution in [1.29, 1.82) is 0 Å². The molecule has 0 aliphatic carbocycles. The Morgan fingerprint density at radius 1 is 0.875 bits per heavy atom. The van der Waals surface area contributed by atoms with Crippen LogP contribution in [0, 0.1) is 20.8 Å². The molecule has 1 aliphatic rings. The number of ether oxygens (including phenoxy) is 6. The Bertz CT molecular complexity index is 2040. The van der Waals surface area contributed by atoms with Crippen molar-refractivity contribution in [3.8, 4) is 28.7 Å². The molecule has 4 aromatic rings. The maximum atomic E-state index is 14.2. The fourth-order valence-corrected chi connectivity index (χ4v) is 7.04. The predicted octanol–water partition coefficient (Wildman–Crippen LogP) is 5.34. The molecule has 0 amide bonds. The zero-order valence-corrected chi connectivity index (χ0v) is 29.5. The van der Waals surface area contributed by atoms with E-state index >= 15 is 0 Å². The summed E-state index contributed by atoms with van der Waals surface area (Å²) < 4.78 is 36.0. The predicted molar refractivity (Wildman–Crippen MR) is 184 cm³/mol. The SMILES string of the molecule is CCOC(=O)C1=C(C)N=c2s/c(=C\c3ccc(OCc4c(C)cc(C)cc4C)c(OC)c3)c(=O)n2[C@@H]1c1cc(OC)c(OC)c(OC)c1. The molecule has 10 nitrogen and oxygen atoms in total. The van der Waals surface area contributed by atoms with Gasteiger partial charge in [-0.15, -0.1) is 0 Å². The molecule has 0 bridgehead atoms. The van der Waals surface area contributed by atoms with E-state index in [1.807, 2.05) is 18.2 Å². The van der Waals surface area contributed by atoms with E-state index < -0.39 is 12.0 Å². The topological polar surface area (TPSA) is 107 Å². The molecule has 0 spiro atoms. The number of rotatable bonds is 11. The van der Waals surface area contributed by atoms with Crippen LogP contribution in [0.5, 0.6) is 28.7 Å². The van der Waals surface area contributed by atoms with Crippen LogP contribution < -0.4 is 38.6 Å². The monoisotopic (exact) mass is 672 g/mol. The van der Waals surface area contributed by atoms with Gasteiger partial charge in [-0.1, -0.05) is 35.1 Å². The lowest BCUT2D eigenvalue weighted by Crippen LogP contribution is -2.40. The van der Waals surface area contributed by atoms with E-state index in [2.05, 4.69) is 37.9 Å². The second kappa shape index (κ2) is 14.4. The first-order valence-corrected chi connectivity index (χ1v) is 16.2. The molecule has 252 valence electrons. The van der Waals surface area contributed by atoms with Crippen LogP contribution in [0.4, 0.5) is 0 Å². The summed E-state index contributed by atoms with van der Waals surface area (Å²) in [4.78, 5) is 32.7. The van der Waals surface area contributed by atoms with Crippen LogP contribution in [0.15, 0.2) is 63.5 Å². The van der Waals surface area contributed by atoms with Crippen molar-refractivity contribution in [2.75, 3.05) is 35.0 Å². The minimum absolute atomic E-state index is 0.161. The fraction of sp³-hybridized carbons (Fsp3) is 0.324. The quantitative estimate of drug-likeness (QED) is 0.197. The Balaban J connectivity index is 1.59. The van der Waals surface area contributed by atoms with Gasteiger partial charge in [0, 0.05) is 0 Å². The Morgan fingerprint density at radius 2 is 1.52 bits per heavy atom. The molecule has 1 aromatic heterocycles. The van der Waals surface area contributed by atoms with Crippen LogP contribution in [0.25, 0.3) is 6.08 Å². The Hall–Kier alpha value is -5.03. The lowest BCUT2D eigenvalue weighted by Gasteiger charge is -2.26. The van der Waals surface area contributed by atoms with Gasteiger partial charge in [-0.2, -0.15) is 0 Å². The first-order valence-electron chi connectivity index (χ1n) is 15.4. The van der Waals surface area contributed by atoms with E-state index in [4.69, 9.17) is 28.4 Å². The van der Waals surface area contributed by atoms with Crippen molar-refractivity contribution >= 4 is 23.4 Å². The van der Waals surface area contributed by atoms with E-state index in [1.54, 1.807) is 39.2 Å². The van der Waals surface area contributed by atoms with Gasteiger partial charge in [-0.05, 0) is 92.8 Å². The van der Waals surface area contributed by atoms with Crippen molar-refractivity contribution in [2.45, 2.75) is 47.3 Å². The number of carbonyl (C=O) groups is 1. The molecule has 3 aromatic carbocycles. The van der Waals surface area contributed by atoms with Crippen molar-refractivity contribution in [2.24, 2.45) is 4.99 Å². The number of hydrogen-bond acceptors (Lipinski definition) is 10. The molecule has 0 saturated carbocycles. The highest BCUT2D eigenvalue weighted by molar-refractivity contribution is 7.07. The van der Waals surface area contributed by atoms with Gasteiger partial charge in [0.1, 0.15) is 6.61 Å². The number of aryl methyl sites for hydroxylation is 3. The van der Waals surface area contributed by atoms with E-state index in [-0.39, 0.29) is 17.7 Å². The summed E-state index contributed by atoms with van der Waals surface area (Å²) >= 11 is 1.23. The van der Waals surface area contributed by atoms with Gasteiger partial charge in [-0.3, -0.25) is 9.36 Å². The zero-order chi connectivity index (χ0) is 34.7. The number of methoxy groups -OCH3 is 4. The summed E-state index contributed by atoms with van der Waals surface area (Å²) in [5, 5.41) is 0. The highest BCUT2D eigenvalue weighted by atomic mass is 32.1. The number of fused-ring (bicyclic) bond motifs is 1. The first kappa shape index (κ1) is 34.3.